The minimum Gasteiger partial charge on any atom is -0.343 e. The van der Waals surface area contributed by atoms with E-state index in [9.17, 15) is 0 Å². The Morgan fingerprint density at radius 1 is 1.27 bits per heavy atom. The van der Waals surface area contributed by atoms with Crippen molar-refractivity contribution in [2.45, 2.75) is 6.54 Å². The van der Waals surface area contributed by atoms with Crippen LogP contribution in [0.3, 0.4) is 0 Å². The zero-order chi connectivity index (χ0) is 11.3. The molecule has 0 fully saturated rings. The zero-order valence-electron chi connectivity index (χ0n) is 9.64. The highest BCUT2D eigenvalue weighted by Gasteiger charge is 2.04. The molecule has 0 aliphatic rings. The van der Waals surface area contributed by atoms with Gasteiger partial charge in [0.1, 0.15) is 0 Å². The third-order valence-corrected chi connectivity index (χ3v) is 2.13. The van der Waals surface area contributed by atoms with E-state index < -0.39 is 0 Å². The molecule has 1 heterocycles. The molecule has 2 N–H and O–H groups in total. The maximum Gasteiger partial charge on any atom is 0.225 e. The summed E-state index contributed by atoms with van der Waals surface area (Å²) in [7, 11) is 6.08. The molecule has 0 bridgehead atoms. The summed E-state index contributed by atoms with van der Waals surface area (Å²) < 4.78 is 0. The number of hydrogen-bond donors (Lipinski definition) is 1. The van der Waals surface area contributed by atoms with Crippen LogP contribution in [0, 0.1) is 0 Å². The van der Waals surface area contributed by atoms with Crippen LogP contribution in [0.25, 0.3) is 0 Å². The quantitative estimate of drug-likeness (QED) is 0.736. The van der Waals surface area contributed by atoms with Crippen molar-refractivity contribution in [3.8, 4) is 0 Å². The molecule has 1 rings (SSSR count). The summed E-state index contributed by atoms with van der Waals surface area (Å²) in [5.41, 5.74) is 6.40. The van der Waals surface area contributed by atoms with Gasteiger partial charge in [-0.1, -0.05) is 0 Å². The fraction of sp³-hybridized carbons (Fsp3) is 0.600. The van der Waals surface area contributed by atoms with Crippen molar-refractivity contribution in [1.29, 1.82) is 0 Å². The fourth-order valence-electron chi connectivity index (χ4n) is 1.13. The van der Waals surface area contributed by atoms with Gasteiger partial charge in [0.2, 0.25) is 5.95 Å². The summed E-state index contributed by atoms with van der Waals surface area (Å²) in [6.07, 6.45) is 1.75. The highest BCUT2D eigenvalue weighted by atomic mass is 15.2. The number of anilines is 1. The Hall–Kier alpha value is -1.20. The summed E-state index contributed by atoms with van der Waals surface area (Å²) in [4.78, 5) is 12.7. The molecule has 0 amide bonds. The summed E-state index contributed by atoms with van der Waals surface area (Å²) >= 11 is 0. The molecule has 0 saturated heterocycles. The zero-order valence-corrected chi connectivity index (χ0v) is 9.64. The molecule has 5 heteroatoms. The minimum atomic E-state index is 0.455. The van der Waals surface area contributed by atoms with E-state index in [1.807, 2.05) is 32.1 Å². The van der Waals surface area contributed by atoms with Gasteiger partial charge >= 0.3 is 0 Å². The smallest absolute Gasteiger partial charge is 0.225 e. The van der Waals surface area contributed by atoms with Gasteiger partial charge in [-0.3, -0.25) is 0 Å². The van der Waals surface area contributed by atoms with E-state index in [2.05, 4.69) is 14.9 Å². The molecule has 0 unspecified atom stereocenters. The average Bonchev–Trinajstić information content (AvgIpc) is 2.26. The molecule has 0 radical (unpaired) electrons. The molecule has 84 valence electrons. The Balaban J connectivity index is 2.60. The highest BCUT2D eigenvalue weighted by molar-refractivity contribution is 5.28. The molecule has 0 aliphatic carbocycles. The Bertz CT molecular complexity index is 300. The monoisotopic (exact) mass is 209 g/mol. The van der Waals surface area contributed by atoms with Crippen LogP contribution in [0.5, 0.6) is 0 Å². The first-order chi connectivity index (χ1) is 7.13. The summed E-state index contributed by atoms with van der Waals surface area (Å²) in [6.45, 7) is 2.34. The van der Waals surface area contributed by atoms with Crippen LogP contribution in [0.1, 0.15) is 5.69 Å². The number of likely N-dealkylation sites (N-methyl/N-ethyl adjacent to an activating group) is 2. The molecular formula is C10H19N5. The SMILES string of the molecule is CN(C)CCN(C)c1nccc(CN)n1. The lowest BCUT2D eigenvalue weighted by Crippen LogP contribution is -2.29. The van der Waals surface area contributed by atoms with Crippen molar-refractivity contribution in [3.05, 3.63) is 18.0 Å². The minimum absolute atomic E-state index is 0.455. The van der Waals surface area contributed by atoms with Crippen LogP contribution < -0.4 is 10.6 Å². The Morgan fingerprint density at radius 3 is 2.60 bits per heavy atom. The largest absolute Gasteiger partial charge is 0.343 e. The van der Waals surface area contributed by atoms with Gasteiger partial charge < -0.3 is 15.5 Å². The van der Waals surface area contributed by atoms with E-state index in [1.54, 1.807) is 6.20 Å². The molecule has 0 saturated carbocycles. The second-order valence-corrected chi connectivity index (χ2v) is 3.78. The molecule has 15 heavy (non-hydrogen) atoms. The first-order valence-electron chi connectivity index (χ1n) is 5.01. The predicted octanol–water partition coefficient (Wildman–Crippen LogP) is -0.0669. The standard InChI is InChI=1S/C10H19N5/c1-14(2)6-7-15(3)10-12-5-4-9(8-11)13-10/h4-5H,6-8,11H2,1-3H3. The molecule has 0 aliphatic heterocycles. The first kappa shape index (κ1) is 11.9. The van der Waals surface area contributed by atoms with E-state index in [1.165, 1.54) is 0 Å². The number of nitrogens with zero attached hydrogens (tertiary/aromatic N) is 4. The van der Waals surface area contributed by atoms with Crippen LogP contribution in [0.15, 0.2) is 12.3 Å². The van der Waals surface area contributed by atoms with Gasteiger partial charge in [-0.05, 0) is 20.2 Å². The van der Waals surface area contributed by atoms with E-state index in [0.29, 0.717) is 6.54 Å². The lowest BCUT2D eigenvalue weighted by molar-refractivity contribution is 0.415. The lowest BCUT2D eigenvalue weighted by atomic mass is 10.4. The first-order valence-corrected chi connectivity index (χ1v) is 5.01. The Labute approximate surface area is 90.9 Å². The van der Waals surface area contributed by atoms with Gasteiger partial charge in [0.05, 0.1) is 5.69 Å². The van der Waals surface area contributed by atoms with E-state index >= 15 is 0 Å². The van der Waals surface area contributed by atoms with Crippen molar-refractivity contribution in [2.24, 2.45) is 5.73 Å². The van der Waals surface area contributed by atoms with Gasteiger partial charge in [-0.2, -0.15) is 0 Å². The number of rotatable bonds is 5. The normalized spacial score (nSPS) is 10.7. The van der Waals surface area contributed by atoms with Gasteiger partial charge in [-0.15, -0.1) is 0 Å². The van der Waals surface area contributed by atoms with Crippen molar-refractivity contribution in [2.75, 3.05) is 39.1 Å². The lowest BCUT2D eigenvalue weighted by Gasteiger charge is -2.19. The molecule has 1 aromatic heterocycles. The van der Waals surface area contributed by atoms with Crippen LogP contribution >= 0.6 is 0 Å². The van der Waals surface area contributed by atoms with Gasteiger partial charge in [0.25, 0.3) is 0 Å². The van der Waals surface area contributed by atoms with Crippen molar-refractivity contribution in [1.82, 2.24) is 14.9 Å². The van der Waals surface area contributed by atoms with Gasteiger partial charge in [-0.25, -0.2) is 9.97 Å². The fourth-order valence-corrected chi connectivity index (χ4v) is 1.13. The van der Waals surface area contributed by atoms with Gasteiger partial charge in [0, 0.05) is 32.9 Å². The molecule has 5 nitrogen and oxygen atoms in total. The Kier molecular flexibility index (Phi) is 4.45. The number of aromatic nitrogens is 2. The third-order valence-electron chi connectivity index (χ3n) is 2.13. The number of nitrogens with two attached hydrogens (primary N) is 1. The second kappa shape index (κ2) is 5.63. The Morgan fingerprint density at radius 2 is 2.00 bits per heavy atom. The topological polar surface area (TPSA) is 58.3 Å². The van der Waals surface area contributed by atoms with Crippen molar-refractivity contribution >= 4 is 5.95 Å². The summed E-state index contributed by atoms with van der Waals surface area (Å²) in [6, 6.07) is 1.84. The van der Waals surface area contributed by atoms with Crippen LogP contribution in [0.4, 0.5) is 5.95 Å². The highest BCUT2D eigenvalue weighted by Crippen LogP contribution is 2.04. The van der Waals surface area contributed by atoms with Crippen LogP contribution in [0.2, 0.25) is 0 Å². The van der Waals surface area contributed by atoms with E-state index in [4.69, 9.17) is 5.73 Å². The molecule has 0 aromatic carbocycles. The third kappa shape index (κ3) is 3.81. The van der Waals surface area contributed by atoms with E-state index in [-0.39, 0.29) is 0 Å². The maximum absolute atomic E-state index is 5.52. The average molecular weight is 209 g/mol. The molecular weight excluding hydrogens is 190 g/mol. The van der Waals surface area contributed by atoms with Crippen LogP contribution in [-0.4, -0.2) is 49.1 Å². The molecule has 0 atom stereocenters. The summed E-state index contributed by atoms with van der Waals surface area (Å²) in [5.74, 6) is 0.736. The molecule has 1 aromatic rings. The second-order valence-electron chi connectivity index (χ2n) is 3.78. The van der Waals surface area contributed by atoms with E-state index in [0.717, 1.165) is 24.7 Å². The van der Waals surface area contributed by atoms with Crippen molar-refractivity contribution in [3.63, 3.8) is 0 Å². The molecule has 0 spiro atoms. The maximum atomic E-state index is 5.52. The van der Waals surface area contributed by atoms with Crippen molar-refractivity contribution < 1.29 is 0 Å². The summed E-state index contributed by atoms with van der Waals surface area (Å²) in [5, 5.41) is 0. The van der Waals surface area contributed by atoms with Gasteiger partial charge in [0.15, 0.2) is 0 Å². The van der Waals surface area contributed by atoms with Crippen LogP contribution in [-0.2, 0) is 6.54 Å². The predicted molar refractivity (Wildman–Crippen MR) is 61.7 cm³/mol. The number of hydrogen-bond acceptors (Lipinski definition) is 5.